The maximum atomic E-state index is 14.0. The van der Waals surface area contributed by atoms with Crippen molar-refractivity contribution in [3.8, 4) is 0 Å². The van der Waals surface area contributed by atoms with Crippen LogP contribution in [0.1, 0.15) is 10.4 Å². The number of carboxylic acids is 1. The van der Waals surface area contributed by atoms with Gasteiger partial charge in [-0.3, -0.25) is 4.72 Å². The predicted octanol–water partition coefficient (Wildman–Crippen LogP) is 3.20. The lowest BCUT2D eigenvalue weighted by atomic mass is 10.2. The number of hydrogen-bond acceptors (Lipinski definition) is 5. The molecule has 2 aromatic rings. The van der Waals surface area contributed by atoms with Crippen LogP contribution in [0.15, 0.2) is 27.0 Å². The highest BCUT2D eigenvalue weighted by Crippen LogP contribution is 2.28. The summed E-state index contributed by atoms with van der Waals surface area (Å²) in [5, 5.41) is 8.63. The van der Waals surface area contributed by atoms with E-state index in [0.717, 1.165) is 23.5 Å². The fraction of sp³-hybridized carbons (Fsp3) is 0. The molecule has 1 heterocycles. The summed E-state index contributed by atoms with van der Waals surface area (Å²) in [4.78, 5) is 13.8. The number of thiazole rings is 1. The zero-order chi connectivity index (χ0) is 15.8. The van der Waals surface area contributed by atoms with Crippen molar-refractivity contribution >= 4 is 60.0 Å². The molecule has 6 nitrogen and oxygen atoms in total. The van der Waals surface area contributed by atoms with Crippen LogP contribution in [0, 0.1) is 5.82 Å². The number of hydrogen-bond donors (Lipinski definition) is 2. The van der Waals surface area contributed by atoms with Gasteiger partial charge < -0.3 is 5.11 Å². The number of aromatic nitrogens is 1. The van der Waals surface area contributed by atoms with Crippen molar-refractivity contribution in [2.24, 2.45) is 0 Å². The van der Waals surface area contributed by atoms with E-state index in [4.69, 9.17) is 16.7 Å². The topological polar surface area (TPSA) is 96.4 Å². The maximum Gasteiger partial charge on any atom is 0.338 e. The van der Waals surface area contributed by atoms with Gasteiger partial charge in [-0.15, -0.1) is 0 Å². The van der Waals surface area contributed by atoms with Crippen molar-refractivity contribution in [3.05, 3.63) is 38.5 Å². The molecule has 0 saturated heterocycles. The molecule has 0 atom stereocenters. The van der Waals surface area contributed by atoms with E-state index in [1.165, 1.54) is 6.20 Å². The first-order valence-electron chi connectivity index (χ1n) is 5.07. The van der Waals surface area contributed by atoms with Crippen LogP contribution in [0.4, 0.5) is 9.52 Å². The second-order valence-electron chi connectivity index (χ2n) is 3.65. The number of nitrogens with zero attached hydrogens (tertiary/aromatic N) is 1. The Balaban J connectivity index is 2.52. The molecule has 2 N–H and O–H groups in total. The molecule has 0 aliphatic carbocycles. The van der Waals surface area contributed by atoms with Crippen LogP contribution in [0.25, 0.3) is 0 Å². The lowest BCUT2D eigenvalue weighted by Gasteiger charge is -2.08. The third-order valence-corrected chi connectivity index (χ3v) is 5.30. The van der Waals surface area contributed by atoms with Crippen molar-refractivity contribution in [2.45, 2.75) is 4.90 Å². The predicted molar refractivity (Wildman–Crippen MR) is 79.0 cm³/mol. The number of sulfonamides is 1. The Morgan fingerprint density at radius 1 is 1.48 bits per heavy atom. The number of rotatable bonds is 4. The van der Waals surface area contributed by atoms with E-state index in [2.05, 4.69) is 20.9 Å². The second kappa shape index (κ2) is 5.87. The summed E-state index contributed by atoms with van der Waals surface area (Å²) in [6, 6.07) is 1.66. The van der Waals surface area contributed by atoms with Gasteiger partial charge >= 0.3 is 5.97 Å². The van der Waals surface area contributed by atoms with E-state index in [1.807, 2.05) is 4.72 Å². The van der Waals surface area contributed by atoms with Crippen LogP contribution in [0.5, 0.6) is 0 Å². The van der Waals surface area contributed by atoms with Crippen molar-refractivity contribution < 1.29 is 22.7 Å². The molecule has 0 aliphatic heterocycles. The Kier molecular flexibility index (Phi) is 4.51. The molecule has 0 radical (unpaired) electrons. The summed E-state index contributed by atoms with van der Waals surface area (Å²) in [5.41, 5.74) is -0.830. The molecular weight excluding hydrogens is 411 g/mol. The summed E-state index contributed by atoms with van der Waals surface area (Å²) < 4.78 is 40.9. The van der Waals surface area contributed by atoms with Crippen LogP contribution >= 0.6 is 38.9 Å². The highest BCUT2D eigenvalue weighted by Gasteiger charge is 2.26. The second-order valence-corrected chi connectivity index (χ2v) is 8.14. The maximum absolute atomic E-state index is 14.0. The van der Waals surface area contributed by atoms with Gasteiger partial charge in [0.1, 0.15) is 4.90 Å². The molecule has 0 unspecified atom stereocenters. The fourth-order valence-corrected chi connectivity index (χ4v) is 4.14. The molecule has 21 heavy (non-hydrogen) atoms. The van der Waals surface area contributed by atoms with E-state index in [-0.39, 0.29) is 10.2 Å². The van der Waals surface area contributed by atoms with Crippen LogP contribution in [-0.2, 0) is 10.0 Å². The molecule has 0 amide bonds. The number of nitrogens with one attached hydrogen (secondary N) is 1. The van der Waals surface area contributed by atoms with E-state index in [0.29, 0.717) is 3.79 Å². The zero-order valence-electron chi connectivity index (χ0n) is 9.80. The molecule has 0 saturated carbocycles. The van der Waals surface area contributed by atoms with E-state index >= 15 is 0 Å². The third-order valence-electron chi connectivity index (χ3n) is 2.22. The number of aromatic carboxylic acids is 1. The van der Waals surface area contributed by atoms with Crippen molar-refractivity contribution in [2.75, 3.05) is 4.72 Å². The molecule has 2 rings (SSSR count). The van der Waals surface area contributed by atoms with Crippen LogP contribution in [0.2, 0.25) is 5.02 Å². The van der Waals surface area contributed by atoms with Crippen LogP contribution in [0.3, 0.4) is 0 Å². The third kappa shape index (κ3) is 3.51. The van der Waals surface area contributed by atoms with E-state index < -0.39 is 32.3 Å². The molecule has 11 heteroatoms. The minimum Gasteiger partial charge on any atom is -0.478 e. The van der Waals surface area contributed by atoms with Crippen molar-refractivity contribution in [1.29, 1.82) is 0 Å². The lowest BCUT2D eigenvalue weighted by Crippen LogP contribution is -2.16. The number of benzene rings is 1. The average Bonchev–Trinajstić information content (AvgIpc) is 2.76. The first kappa shape index (κ1) is 16.1. The van der Waals surface area contributed by atoms with Gasteiger partial charge in [-0.2, -0.15) is 0 Å². The van der Waals surface area contributed by atoms with Gasteiger partial charge in [-0.25, -0.2) is 22.6 Å². The van der Waals surface area contributed by atoms with Crippen LogP contribution < -0.4 is 4.72 Å². The summed E-state index contributed by atoms with van der Waals surface area (Å²) in [5.74, 6) is -3.02. The largest absolute Gasteiger partial charge is 0.478 e. The summed E-state index contributed by atoms with van der Waals surface area (Å²) >= 11 is 9.71. The summed E-state index contributed by atoms with van der Waals surface area (Å²) in [7, 11) is -4.35. The smallest absolute Gasteiger partial charge is 0.338 e. The van der Waals surface area contributed by atoms with Gasteiger partial charge in [0.2, 0.25) is 0 Å². The summed E-state index contributed by atoms with van der Waals surface area (Å²) in [6.07, 6.45) is 1.36. The van der Waals surface area contributed by atoms with Gasteiger partial charge in [0, 0.05) is 5.02 Å². The SMILES string of the molecule is O=C(O)c1cc(Cl)cc(S(=O)(=O)Nc2ncc(Br)s2)c1F. The van der Waals surface area contributed by atoms with Crippen LogP contribution in [-0.4, -0.2) is 24.5 Å². The number of carboxylic acid groups (broad SMARTS) is 1. The van der Waals surface area contributed by atoms with Crippen molar-refractivity contribution in [1.82, 2.24) is 4.98 Å². The Bertz CT molecular complexity index is 824. The standard InChI is InChI=1S/C10H5BrClFN2O4S2/c11-7-3-14-10(20-7)15-21(18,19)6-2-4(12)1-5(8(6)13)9(16)17/h1-3H,(H,14,15)(H,16,17). The van der Waals surface area contributed by atoms with Gasteiger partial charge in [-0.1, -0.05) is 22.9 Å². The fourth-order valence-electron chi connectivity index (χ4n) is 1.39. The first-order chi connectivity index (χ1) is 9.70. The van der Waals surface area contributed by atoms with Gasteiger partial charge in [0.15, 0.2) is 10.9 Å². The normalized spacial score (nSPS) is 11.4. The Hall–Kier alpha value is -1.23. The van der Waals surface area contributed by atoms with Gasteiger partial charge in [0.05, 0.1) is 15.5 Å². The first-order valence-corrected chi connectivity index (χ1v) is 8.54. The minimum atomic E-state index is -4.35. The molecule has 0 spiro atoms. The summed E-state index contributed by atoms with van der Waals surface area (Å²) in [6.45, 7) is 0. The monoisotopic (exact) mass is 414 g/mol. The Morgan fingerprint density at radius 3 is 2.67 bits per heavy atom. The van der Waals surface area contributed by atoms with Crippen molar-refractivity contribution in [3.63, 3.8) is 0 Å². The van der Waals surface area contributed by atoms with E-state index in [1.54, 1.807) is 0 Å². The van der Waals surface area contributed by atoms with E-state index in [9.17, 15) is 17.6 Å². The minimum absolute atomic E-state index is 0.00174. The van der Waals surface area contributed by atoms with Gasteiger partial charge in [0.25, 0.3) is 10.0 Å². The Morgan fingerprint density at radius 2 is 2.14 bits per heavy atom. The molecule has 1 aromatic carbocycles. The molecule has 112 valence electrons. The number of halogens is 3. The number of anilines is 1. The molecule has 0 fully saturated rings. The highest BCUT2D eigenvalue weighted by atomic mass is 79.9. The zero-order valence-corrected chi connectivity index (χ0v) is 13.8. The van der Waals surface area contributed by atoms with Gasteiger partial charge in [-0.05, 0) is 28.1 Å². The average molecular weight is 416 g/mol. The lowest BCUT2D eigenvalue weighted by molar-refractivity contribution is 0.0691. The molecule has 1 aromatic heterocycles. The number of carbonyl (C=O) groups is 1. The Labute approximate surface area is 135 Å². The quantitative estimate of drug-likeness (QED) is 0.799. The highest BCUT2D eigenvalue weighted by molar-refractivity contribution is 9.11. The molecule has 0 aliphatic rings. The molecule has 0 bridgehead atoms. The molecular formula is C10H5BrClFN2O4S2.